The summed E-state index contributed by atoms with van der Waals surface area (Å²) in [4.78, 5) is 2.27. The Balaban J connectivity index is 2.07. The van der Waals surface area contributed by atoms with Crippen molar-refractivity contribution in [2.45, 2.75) is 38.0 Å². The van der Waals surface area contributed by atoms with E-state index in [4.69, 9.17) is 0 Å². The maximum absolute atomic E-state index is 12.8. The van der Waals surface area contributed by atoms with Crippen LogP contribution >= 0.6 is 0 Å². The number of hydrogen-bond donors (Lipinski definition) is 0. The minimum atomic E-state index is -0.544. The van der Waals surface area contributed by atoms with Crippen LogP contribution in [0.3, 0.4) is 0 Å². The molecule has 0 aromatic carbocycles. The van der Waals surface area contributed by atoms with Gasteiger partial charge in [0, 0.05) is 18.6 Å². The molecule has 0 aromatic heterocycles. The summed E-state index contributed by atoms with van der Waals surface area (Å²) in [6.45, 7) is 3.12. The predicted molar refractivity (Wildman–Crippen MR) is 34.1 cm³/mol. The molecule has 9 heavy (non-hydrogen) atoms. The van der Waals surface area contributed by atoms with Gasteiger partial charge in [0.05, 0.1) is 0 Å². The van der Waals surface area contributed by atoms with E-state index < -0.39 is 6.17 Å². The quantitative estimate of drug-likeness (QED) is 0.475. The van der Waals surface area contributed by atoms with Gasteiger partial charge < -0.3 is 0 Å². The molecule has 2 heterocycles. The Hall–Kier alpha value is -0.110. The van der Waals surface area contributed by atoms with Crippen molar-refractivity contribution in [3.05, 3.63) is 0 Å². The fourth-order valence-corrected chi connectivity index (χ4v) is 1.91. The van der Waals surface area contributed by atoms with Crippen molar-refractivity contribution in [1.29, 1.82) is 0 Å². The summed E-state index contributed by atoms with van der Waals surface area (Å²) in [5.74, 6) is 0. The van der Waals surface area contributed by atoms with Crippen LogP contribution < -0.4 is 0 Å². The first-order valence-electron chi connectivity index (χ1n) is 3.69. The summed E-state index contributed by atoms with van der Waals surface area (Å²) in [6.07, 6.45) is 1.48. The van der Waals surface area contributed by atoms with Crippen molar-refractivity contribution >= 4 is 0 Å². The lowest BCUT2D eigenvalue weighted by molar-refractivity contribution is 0.0942. The van der Waals surface area contributed by atoms with Crippen LogP contribution in [0.4, 0.5) is 4.39 Å². The molecule has 52 valence electrons. The normalized spacial score (nSPS) is 50.7. The van der Waals surface area contributed by atoms with Crippen LogP contribution in [0.25, 0.3) is 0 Å². The molecule has 0 saturated carbocycles. The molecule has 2 aliphatic heterocycles. The third-order valence-electron chi connectivity index (χ3n) is 2.73. The predicted octanol–water partition coefficient (Wildman–Crippen LogP) is 1.19. The van der Waals surface area contributed by atoms with Gasteiger partial charge in [-0.1, -0.05) is 0 Å². The molecule has 2 saturated heterocycles. The summed E-state index contributed by atoms with van der Waals surface area (Å²) in [7, 11) is 0. The van der Waals surface area contributed by atoms with Crippen LogP contribution in [0.5, 0.6) is 0 Å². The Morgan fingerprint density at radius 1 is 1.56 bits per heavy atom. The molecule has 2 fully saturated rings. The van der Waals surface area contributed by atoms with Crippen LogP contribution in [0.2, 0.25) is 0 Å². The lowest BCUT2D eigenvalue weighted by Crippen LogP contribution is -2.46. The zero-order valence-electron chi connectivity index (χ0n) is 5.68. The molecule has 0 bridgehead atoms. The fraction of sp³-hybridized carbons (Fsp3) is 1.00. The van der Waals surface area contributed by atoms with Crippen LogP contribution in [-0.2, 0) is 0 Å². The molecule has 0 radical (unpaired) electrons. The monoisotopic (exact) mass is 129 g/mol. The van der Waals surface area contributed by atoms with Gasteiger partial charge in [-0.2, -0.15) is 0 Å². The molecule has 3 unspecified atom stereocenters. The smallest absolute Gasteiger partial charge is 0.117 e. The van der Waals surface area contributed by atoms with Crippen molar-refractivity contribution in [2.24, 2.45) is 0 Å². The van der Waals surface area contributed by atoms with Gasteiger partial charge in [0.25, 0.3) is 0 Å². The first kappa shape index (κ1) is 5.66. The number of hydrogen-bond acceptors (Lipinski definition) is 1. The lowest BCUT2D eigenvalue weighted by Gasteiger charge is -2.37. The van der Waals surface area contributed by atoms with E-state index in [2.05, 4.69) is 4.90 Å². The van der Waals surface area contributed by atoms with Crippen LogP contribution in [0, 0.1) is 0 Å². The Bertz CT molecular complexity index is 122. The molecule has 0 amide bonds. The van der Waals surface area contributed by atoms with E-state index in [0.29, 0.717) is 6.04 Å². The average Bonchev–Trinajstić information content (AvgIpc) is 1.92. The molecule has 0 spiro atoms. The summed E-state index contributed by atoms with van der Waals surface area (Å²) >= 11 is 0. The molecule has 3 atom stereocenters. The molecule has 1 nitrogen and oxygen atoms in total. The van der Waals surface area contributed by atoms with E-state index >= 15 is 0 Å². The maximum atomic E-state index is 12.8. The third-order valence-corrected chi connectivity index (χ3v) is 2.73. The topological polar surface area (TPSA) is 3.24 Å². The summed E-state index contributed by atoms with van der Waals surface area (Å²) in [5, 5.41) is 0. The Labute approximate surface area is 54.8 Å². The zero-order valence-corrected chi connectivity index (χ0v) is 5.68. The van der Waals surface area contributed by atoms with Gasteiger partial charge in [-0.15, -0.1) is 0 Å². The first-order chi connectivity index (χ1) is 4.29. The summed E-state index contributed by atoms with van der Waals surface area (Å²) in [5.41, 5.74) is 0. The summed E-state index contributed by atoms with van der Waals surface area (Å²) < 4.78 is 12.8. The van der Waals surface area contributed by atoms with Crippen LogP contribution in [0.1, 0.15) is 19.8 Å². The highest BCUT2D eigenvalue weighted by Gasteiger charge is 2.43. The minimum Gasteiger partial charge on any atom is -0.295 e. The van der Waals surface area contributed by atoms with Gasteiger partial charge in [0.15, 0.2) is 0 Å². The van der Waals surface area contributed by atoms with E-state index in [0.717, 1.165) is 13.0 Å². The van der Waals surface area contributed by atoms with Crippen LogP contribution in [0.15, 0.2) is 0 Å². The Kier molecular flexibility index (Phi) is 1.06. The molecule has 0 N–H and O–H groups in total. The van der Waals surface area contributed by atoms with Gasteiger partial charge in [0.1, 0.15) is 6.17 Å². The standard InChI is InChI=1S/C7H12FN/c1-5-7(8)4-6-2-3-9(5)6/h5-7H,2-4H2,1H3. The van der Waals surface area contributed by atoms with Crippen LogP contribution in [-0.4, -0.2) is 29.7 Å². The van der Waals surface area contributed by atoms with Crippen molar-refractivity contribution in [2.75, 3.05) is 6.54 Å². The highest BCUT2D eigenvalue weighted by Crippen LogP contribution is 2.35. The van der Waals surface area contributed by atoms with E-state index in [1.807, 2.05) is 6.92 Å². The number of halogens is 1. The molecular formula is C7H12FN. The van der Waals surface area contributed by atoms with Crippen molar-refractivity contribution < 1.29 is 4.39 Å². The molecule has 2 rings (SSSR count). The summed E-state index contributed by atoms with van der Waals surface area (Å²) in [6, 6.07) is 0.818. The molecular weight excluding hydrogens is 117 g/mol. The molecule has 0 aliphatic carbocycles. The Morgan fingerprint density at radius 2 is 2.33 bits per heavy atom. The van der Waals surface area contributed by atoms with Gasteiger partial charge in [-0.3, -0.25) is 4.90 Å². The second-order valence-corrected chi connectivity index (χ2v) is 3.17. The van der Waals surface area contributed by atoms with Gasteiger partial charge >= 0.3 is 0 Å². The van der Waals surface area contributed by atoms with Gasteiger partial charge in [0.2, 0.25) is 0 Å². The largest absolute Gasteiger partial charge is 0.295 e. The molecule has 2 aliphatic rings. The maximum Gasteiger partial charge on any atom is 0.117 e. The van der Waals surface area contributed by atoms with Crippen molar-refractivity contribution in [3.8, 4) is 0 Å². The lowest BCUT2D eigenvalue weighted by atomic mass is 10.1. The van der Waals surface area contributed by atoms with Crippen molar-refractivity contribution in [3.63, 3.8) is 0 Å². The average molecular weight is 129 g/mol. The zero-order chi connectivity index (χ0) is 6.43. The Morgan fingerprint density at radius 3 is 2.56 bits per heavy atom. The van der Waals surface area contributed by atoms with Gasteiger partial charge in [-0.05, 0) is 19.8 Å². The highest BCUT2D eigenvalue weighted by atomic mass is 19.1. The molecule has 2 heteroatoms. The van der Waals surface area contributed by atoms with E-state index in [9.17, 15) is 4.39 Å². The highest BCUT2D eigenvalue weighted by molar-refractivity contribution is 4.98. The number of nitrogens with zero attached hydrogens (tertiary/aromatic N) is 1. The second-order valence-electron chi connectivity index (χ2n) is 3.17. The van der Waals surface area contributed by atoms with Crippen molar-refractivity contribution in [1.82, 2.24) is 4.90 Å². The van der Waals surface area contributed by atoms with E-state index in [-0.39, 0.29) is 6.04 Å². The first-order valence-corrected chi connectivity index (χ1v) is 3.69. The number of rotatable bonds is 0. The molecule has 0 aromatic rings. The third kappa shape index (κ3) is 0.627. The SMILES string of the molecule is CC1C(F)CC2CCN21. The minimum absolute atomic E-state index is 0.212. The second kappa shape index (κ2) is 1.69. The fourth-order valence-electron chi connectivity index (χ4n) is 1.91. The van der Waals surface area contributed by atoms with E-state index in [1.54, 1.807) is 0 Å². The number of alkyl halides is 1. The van der Waals surface area contributed by atoms with E-state index in [1.165, 1.54) is 6.42 Å². The number of fused-ring (bicyclic) bond motifs is 1. The van der Waals surface area contributed by atoms with Gasteiger partial charge in [-0.25, -0.2) is 4.39 Å².